The molecule has 0 bridgehead atoms. The molecule has 0 aromatic carbocycles. The van der Waals surface area contributed by atoms with Crippen LogP contribution in [0.15, 0.2) is 0 Å². The molecule has 0 spiro atoms. The molecule has 0 atom stereocenters. The number of hydrogen-bond acceptors (Lipinski definition) is 2. The first kappa shape index (κ1) is 9.66. The summed E-state index contributed by atoms with van der Waals surface area (Å²) in [6, 6.07) is 0. The molecule has 7 heavy (non-hydrogen) atoms. The van der Waals surface area contributed by atoms with Gasteiger partial charge in [-0.3, -0.25) is 4.79 Å². The molecule has 0 rings (SSSR count). The third-order valence-corrected chi connectivity index (χ3v) is 0.175. The monoisotopic (exact) mass is 105 g/mol. The van der Waals surface area contributed by atoms with Crippen molar-refractivity contribution < 1.29 is 9.90 Å². The summed E-state index contributed by atoms with van der Waals surface area (Å²) in [7, 11) is 0. The fourth-order valence-electron chi connectivity index (χ4n) is 0. The molecule has 0 aliphatic rings. The fraction of sp³-hybridized carbons (Fsp3) is 0.750. The van der Waals surface area contributed by atoms with Crippen LogP contribution in [0.1, 0.15) is 13.8 Å². The summed E-state index contributed by atoms with van der Waals surface area (Å²) in [4.78, 5) is 9.24. The van der Waals surface area contributed by atoms with Crippen LogP contribution in [0.4, 0.5) is 0 Å². The molecule has 44 valence electrons. The molecule has 3 heteroatoms. The average molecular weight is 105 g/mol. The third-order valence-electron chi connectivity index (χ3n) is 0.175. The highest BCUT2D eigenvalue weighted by Gasteiger charge is 1.81. The standard InChI is InChI=1S/C2H5NO2.C2H6/c3-1-2(4)5;1-2/h1,3H2,(H,4,5);1-2H3. The Balaban J connectivity index is 0. The summed E-state index contributed by atoms with van der Waals surface area (Å²) in [5.41, 5.74) is 4.57. The van der Waals surface area contributed by atoms with E-state index in [0.29, 0.717) is 0 Å². The van der Waals surface area contributed by atoms with E-state index < -0.39 is 5.97 Å². The predicted molar refractivity (Wildman–Crippen MR) is 28.0 cm³/mol. The number of rotatable bonds is 1. The van der Waals surface area contributed by atoms with Gasteiger partial charge in [-0.25, -0.2) is 0 Å². The van der Waals surface area contributed by atoms with Gasteiger partial charge in [-0.2, -0.15) is 0 Å². The molecule has 0 saturated carbocycles. The molecule has 0 aliphatic carbocycles. The smallest absolute Gasteiger partial charge is 0.317 e. The first-order valence-corrected chi connectivity index (χ1v) is 2.19. The number of carboxylic acids is 1. The summed E-state index contributed by atoms with van der Waals surface area (Å²) < 4.78 is 0. The van der Waals surface area contributed by atoms with Gasteiger partial charge in [-0.15, -0.1) is 0 Å². The molecule has 0 aliphatic heterocycles. The van der Waals surface area contributed by atoms with Crippen molar-refractivity contribution in [1.82, 2.24) is 0 Å². The average Bonchev–Trinajstić information content (AvgIpc) is 1.73. The van der Waals surface area contributed by atoms with Crippen molar-refractivity contribution in [3.05, 3.63) is 0 Å². The highest BCUT2D eigenvalue weighted by Crippen LogP contribution is 1.43. The summed E-state index contributed by atoms with van der Waals surface area (Å²) in [6.07, 6.45) is 0. The van der Waals surface area contributed by atoms with E-state index in [1.807, 2.05) is 13.8 Å². The molecule has 3 N–H and O–H groups in total. The molecule has 0 heterocycles. The van der Waals surface area contributed by atoms with Crippen molar-refractivity contribution in [1.29, 1.82) is 0 Å². The first-order chi connectivity index (χ1) is 3.27. The van der Waals surface area contributed by atoms with E-state index in [9.17, 15) is 4.79 Å². The Labute approximate surface area is 43.1 Å². The lowest BCUT2D eigenvalue weighted by Crippen LogP contribution is -2.10. The Bertz CT molecular complexity index is 45.0. The number of aliphatic carboxylic acids is 1. The van der Waals surface area contributed by atoms with E-state index in [0.717, 1.165) is 0 Å². The lowest BCUT2D eigenvalue weighted by atomic mass is 10.7. The molecule has 0 unspecified atom stereocenters. The molecule has 0 saturated heterocycles. The van der Waals surface area contributed by atoms with E-state index in [4.69, 9.17) is 5.11 Å². The Hall–Kier alpha value is -0.570. The van der Waals surface area contributed by atoms with E-state index in [-0.39, 0.29) is 6.54 Å². The maximum absolute atomic E-state index is 9.24. The van der Waals surface area contributed by atoms with Crippen molar-refractivity contribution in [3.8, 4) is 0 Å². The largest absolute Gasteiger partial charge is 0.480 e. The molecular weight excluding hydrogens is 94.0 g/mol. The van der Waals surface area contributed by atoms with E-state index >= 15 is 0 Å². The van der Waals surface area contributed by atoms with Gasteiger partial charge in [0.05, 0.1) is 6.54 Å². The number of nitrogens with two attached hydrogens (primary N) is 1. The van der Waals surface area contributed by atoms with Crippen LogP contribution in [0.25, 0.3) is 0 Å². The van der Waals surface area contributed by atoms with E-state index in [2.05, 4.69) is 5.73 Å². The summed E-state index contributed by atoms with van der Waals surface area (Å²) in [6.45, 7) is 3.72. The van der Waals surface area contributed by atoms with Crippen LogP contribution < -0.4 is 5.73 Å². The number of carbonyl (C=O) groups is 1. The van der Waals surface area contributed by atoms with Crippen LogP contribution in [0, 0.1) is 0 Å². The third kappa shape index (κ3) is 31.2. The second kappa shape index (κ2) is 9.06. The van der Waals surface area contributed by atoms with Crippen LogP contribution in [0.2, 0.25) is 0 Å². The molecule has 0 radical (unpaired) electrons. The lowest BCUT2D eigenvalue weighted by molar-refractivity contribution is -0.135. The minimum Gasteiger partial charge on any atom is -0.480 e. The second-order valence-electron chi connectivity index (χ2n) is 0.598. The number of carboxylic acid groups (broad SMARTS) is 1. The second-order valence-corrected chi connectivity index (χ2v) is 0.598. The van der Waals surface area contributed by atoms with Crippen LogP contribution >= 0.6 is 0 Å². The molecule has 3 nitrogen and oxygen atoms in total. The zero-order valence-corrected chi connectivity index (χ0v) is 4.64. The van der Waals surface area contributed by atoms with Gasteiger partial charge in [0, 0.05) is 0 Å². The van der Waals surface area contributed by atoms with Gasteiger partial charge < -0.3 is 10.8 Å². The zero-order valence-electron chi connectivity index (χ0n) is 4.64. The van der Waals surface area contributed by atoms with Gasteiger partial charge in [-0.05, 0) is 0 Å². The predicted octanol–water partition coefficient (Wildman–Crippen LogP) is 0.0559. The van der Waals surface area contributed by atoms with Gasteiger partial charge in [0.1, 0.15) is 0 Å². The van der Waals surface area contributed by atoms with Gasteiger partial charge in [-0.1, -0.05) is 13.8 Å². The SMILES string of the molecule is CC.NCC(=O)O. The normalized spacial score (nSPS) is 6.14. The molecule has 0 aromatic heterocycles. The van der Waals surface area contributed by atoms with Crippen molar-refractivity contribution in [2.75, 3.05) is 6.54 Å². The summed E-state index contributed by atoms with van der Waals surface area (Å²) in [5, 5.41) is 7.60. The van der Waals surface area contributed by atoms with Crippen molar-refractivity contribution in [3.63, 3.8) is 0 Å². The Kier molecular flexibility index (Phi) is 12.5. The van der Waals surface area contributed by atoms with Crippen molar-refractivity contribution in [2.24, 2.45) is 5.73 Å². The highest BCUT2D eigenvalue weighted by atomic mass is 16.4. The van der Waals surface area contributed by atoms with Gasteiger partial charge in [0.15, 0.2) is 0 Å². The maximum Gasteiger partial charge on any atom is 0.317 e. The molecule has 0 aromatic rings. The van der Waals surface area contributed by atoms with Crippen molar-refractivity contribution in [2.45, 2.75) is 13.8 Å². The Morgan fingerprint density at radius 1 is 1.71 bits per heavy atom. The zero-order chi connectivity index (χ0) is 6.28. The number of hydrogen-bond donors (Lipinski definition) is 2. The van der Waals surface area contributed by atoms with Crippen LogP contribution in [0.5, 0.6) is 0 Å². The van der Waals surface area contributed by atoms with E-state index in [1.165, 1.54) is 0 Å². The minimum absolute atomic E-state index is 0.278. The summed E-state index contributed by atoms with van der Waals surface area (Å²) in [5.74, 6) is -0.968. The first-order valence-electron chi connectivity index (χ1n) is 2.19. The van der Waals surface area contributed by atoms with Gasteiger partial charge in [0.25, 0.3) is 0 Å². The molecule has 0 fully saturated rings. The molecule has 0 amide bonds. The van der Waals surface area contributed by atoms with E-state index in [1.54, 1.807) is 0 Å². The fourth-order valence-corrected chi connectivity index (χ4v) is 0. The Morgan fingerprint density at radius 2 is 1.86 bits per heavy atom. The molecular formula is C4H11NO2. The van der Waals surface area contributed by atoms with Crippen molar-refractivity contribution >= 4 is 5.97 Å². The topological polar surface area (TPSA) is 63.3 Å². The highest BCUT2D eigenvalue weighted by molar-refractivity contribution is 5.68. The Morgan fingerprint density at radius 3 is 1.86 bits per heavy atom. The van der Waals surface area contributed by atoms with Crippen LogP contribution in [0.3, 0.4) is 0 Å². The summed E-state index contributed by atoms with van der Waals surface area (Å²) >= 11 is 0. The quantitative estimate of drug-likeness (QED) is 0.495. The maximum atomic E-state index is 9.24. The van der Waals surface area contributed by atoms with Gasteiger partial charge in [0.2, 0.25) is 0 Å². The van der Waals surface area contributed by atoms with Crippen LogP contribution in [-0.2, 0) is 4.79 Å². The lowest BCUT2D eigenvalue weighted by Gasteiger charge is -1.73. The van der Waals surface area contributed by atoms with Gasteiger partial charge >= 0.3 is 5.97 Å². The van der Waals surface area contributed by atoms with Crippen LogP contribution in [-0.4, -0.2) is 17.6 Å². The minimum atomic E-state index is -0.968.